The van der Waals surface area contributed by atoms with Crippen LogP contribution in [0.2, 0.25) is 5.02 Å². The van der Waals surface area contributed by atoms with Crippen molar-refractivity contribution in [3.05, 3.63) is 45.1 Å². The first-order valence-corrected chi connectivity index (χ1v) is 7.62. The summed E-state index contributed by atoms with van der Waals surface area (Å²) in [5, 5.41) is 14.0. The van der Waals surface area contributed by atoms with Gasteiger partial charge in [-0.1, -0.05) is 17.7 Å². The number of rotatable bonds is 4. The first-order chi connectivity index (χ1) is 11.0. The lowest BCUT2D eigenvalue weighted by Gasteiger charge is -2.19. The predicted molar refractivity (Wildman–Crippen MR) is 83.2 cm³/mol. The Kier molecular flexibility index (Phi) is 4.12. The van der Waals surface area contributed by atoms with Crippen molar-refractivity contribution in [1.82, 2.24) is 14.3 Å². The Balaban J connectivity index is 1.95. The van der Waals surface area contributed by atoms with Crippen molar-refractivity contribution in [3.8, 4) is 5.75 Å². The van der Waals surface area contributed by atoms with Crippen LogP contribution in [-0.4, -0.2) is 32.5 Å². The van der Waals surface area contributed by atoms with Crippen molar-refractivity contribution in [2.24, 2.45) is 0 Å². The summed E-state index contributed by atoms with van der Waals surface area (Å²) < 4.78 is 7.67. The molecule has 0 saturated heterocycles. The van der Waals surface area contributed by atoms with Gasteiger partial charge >= 0.3 is 11.7 Å². The van der Waals surface area contributed by atoms with Gasteiger partial charge in [0.15, 0.2) is 0 Å². The zero-order chi connectivity index (χ0) is 16.6. The number of aromatic nitrogens is 3. The van der Waals surface area contributed by atoms with E-state index in [2.05, 4.69) is 5.10 Å². The van der Waals surface area contributed by atoms with Crippen molar-refractivity contribution >= 4 is 17.6 Å². The number of halogens is 1. The molecule has 23 heavy (non-hydrogen) atoms. The van der Waals surface area contributed by atoms with E-state index in [1.807, 2.05) is 0 Å². The van der Waals surface area contributed by atoms with Crippen LogP contribution in [0.3, 0.4) is 0 Å². The number of ether oxygens (including phenoxy) is 1. The maximum atomic E-state index is 12.5. The monoisotopic (exact) mass is 337 g/mol. The van der Waals surface area contributed by atoms with Gasteiger partial charge in [-0.05, 0) is 30.5 Å². The Labute approximate surface area is 137 Å². The molecule has 1 atom stereocenters. The van der Waals surface area contributed by atoms with Crippen LogP contribution in [0, 0.1) is 0 Å². The Morgan fingerprint density at radius 1 is 1.52 bits per heavy atom. The summed E-state index contributed by atoms with van der Waals surface area (Å²) in [6.45, 7) is 0.231. The third-order valence-electron chi connectivity index (χ3n) is 3.96. The highest BCUT2D eigenvalue weighted by Crippen LogP contribution is 2.25. The molecule has 0 radical (unpaired) electrons. The van der Waals surface area contributed by atoms with E-state index in [-0.39, 0.29) is 6.54 Å². The van der Waals surface area contributed by atoms with E-state index in [0.29, 0.717) is 35.9 Å². The van der Waals surface area contributed by atoms with Gasteiger partial charge in [0.25, 0.3) is 0 Å². The molecular formula is C15H16ClN3O4. The van der Waals surface area contributed by atoms with Crippen molar-refractivity contribution in [3.63, 3.8) is 0 Å². The molecule has 0 bridgehead atoms. The molecule has 0 aliphatic carbocycles. The molecule has 2 aromatic rings. The molecule has 1 N–H and O–H groups in total. The number of nitrogens with zero attached hydrogens (tertiary/aromatic N) is 3. The Morgan fingerprint density at radius 2 is 2.30 bits per heavy atom. The third-order valence-corrected chi connectivity index (χ3v) is 4.26. The zero-order valence-corrected chi connectivity index (χ0v) is 13.3. The highest BCUT2D eigenvalue weighted by molar-refractivity contribution is 6.32. The van der Waals surface area contributed by atoms with Crippen LogP contribution < -0.4 is 10.4 Å². The molecule has 1 aliphatic rings. The molecule has 0 amide bonds. The van der Waals surface area contributed by atoms with Gasteiger partial charge in [0, 0.05) is 6.42 Å². The van der Waals surface area contributed by atoms with Crippen molar-refractivity contribution < 1.29 is 14.6 Å². The van der Waals surface area contributed by atoms with E-state index in [9.17, 15) is 14.7 Å². The van der Waals surface area contributed by atoms with Crippen molar-refractivity contribution in [2.45, 2.75) is 31.8 Å². The van der Waals surface area contributed by atoms with E-state index in [0.717, 1.165) is 5.56 Å². The van der Waals surface area contributed by atoms with E-state index < -0.39 is 17.7 Å². The lowest BCUT2D eigenvalue weighted by molar-refractivity contribution is -0.141. The average Bonchev–Trinajstić information content (AvgIpc) is 2.84. The number of aliphatic carboxylic acids is 1. The fourth-order valence-electron chi connectivity index (χ4n) is 2.85. The average molecular weight is 338 g/mol. The largest absolute Gasteiger partial charge is 0.495 e. The molecule has 2 heterocycles. The quantitative estimate of drug-likeness (QED) is 0.918. The van der Waals surface area contributed by atoms with Crippen LogP contribution in [0.25, 0.3) is 0 Å². The molecule has 0 unspecified atom stereocenters. The van der Waals surface area contributed by atoms with Crippen molar-refractivity contribution in [2.75, 3.05) is 7.11 Å². The topological polar surface area (TPSA) is 86.4 Å². The SMILES string of the molecule is COc1ccc(Cn2nc3n(c2=O)[C@@H](C(=O)O)CCC3)cc1Cl. The lowest BCUT2D eigenvalue weighted by Crippen LogP contribution is -2.34. The number of hydrogen-bond donors (Lipinski definition) is 1. The number of carboxylic acid groups (broad SMARTS) is 1. The molecule has 0 saturated carbocycles. The first-order valence-electron chi connectivity index (χ1n) is 7.24. The van der Waals surface area contributed by atoms with E-state index in [4.69, 9.17) is 16.3 Å². The van der Waals surface area contributed by atoms with Crippen LogP contribution in [0.5, 0.6) is 5.75 Å². The molecule has 0 fully saturated rings. The molecule has 1 aromatic carbocycles. The summed E-state index contributed by atoms with van der Waals surface area (Å²) in [5.41, 5.74) is 0.388. The van der Waals surface area contributed by atoms with Gasteiger partial charge in [-0.3, -0.25) is 4.57 Å². The lowest BCUT2D eigenvalue weighted by atomic mass is 10.1. The number of carboxylic acids is 1. The molecule has 3 rings (SSSR count). The standard InChI is InChI=1S/C15H16ClN3O4/c1-23-12-6-5-9(7-10(12)16)8-18-15(22)19-11(14(20)21)3-2-4-13(19)17-18/h5-7,11H,2-4,8H2,1H3,(H,20,21)/t11-/m1/s1. The summed E-state index contributed by atoms with van der Waals surface area (Å²) in [6, 6.07) is 4.39. The van der Waals surface area contributed by atoms with E-state index >= 15 is 0 Å². The number of aryl methyl sites for hydroxylation is 1. The summed E-state index contributed by atoms with van der Waals surface area (Å²) in [6.07, 6.45) is 1.76. The Hall–Kier alpha value is -2.28. The van der Waals surface area contributed by atoms with Gasteiger partial charge in [0.2, 0.25) is 0 Å². The Morgan fingerprint density at radius 3 is 2.96 bits per heavy atom. The molecule has 0 spiro atoms. The predicted octanol–water partition coefficient (Wildman–Crippen LogP) is 1.72. The fourth-order valence-corrected chi connectivity index (χ4v) is 3.13. The summed E-state index contributed by atoms with van der Waals surface area (Å²) in [5.74, 6) is 0.0752. The minimum Gasteiger partial charge on any atom is -0.495 e. The zero-order valence-electron chi connectivity index (χ0n) is 12.5. The smallest absolute Gasteiger partial charge is 0.347 e. The molecule has 1 aliphatic heterocycles. The van der Waals surface area contributed by atoms with Crippen LogP contribution in [-0.2, 0) is 17.8 Å². The molecule has 122 valence electrons. The summed E-state index contributed by atoms with van der Waals surface area (Å²) in [4.78, 5) is 23.8. The van der Waals surface area contributed by atoms with Crippen LogP contribution in [0.1, 0.15) is 30.3 Å². The number of benzene rings is 1. The minimum absolute atomic E-state index is 0.231. The fraction of sp³-hybridized carbons (Fsp3) is 0.400. The van der Waals surface area contributed by atoms with Crippen LogP contribution in [0.4, 0.5) is 0 Å². The highest BCUT2D eigenvalue weighted by atomic mass is 35.5. The minimum atomic E-state index is -1.000. The van der Waals surface area contributed by atoms with Crippen molar-refractivity contribution in [1.29, 1.82) is 0 Å². The van der Waals surface area contributed by atoms with Gasteiger partial charge in [0.05, 0.1) is 18.7 Å². The number of carbonyl (C=O) groups is 1. The number of hydrogen-bond acceptors (Lipinski definition) is 4. The molecule has 8 heteroatoms. The van der Waals surface area contributed by atoms with Gasteiger partial charge in [-0.15, -0.1) is 0 Å². The van der Waals surface area contributed by atoms with Crippen LogP contribution >= 0.6 is 11.6 Å². The summed E-state index contributed by atoms with van der Waals surface area (Å²) >= 11 is 6.09. The van der Waals surface area contributed by atoms with E-state index in [1.165, 1.54) is 16.4 Å². The van der Waals surface area contributed by atoms with E-state index in [1.54, 1.807) is 18.2 Å². The van der Waals surface area contributed by atoms with Crippen LogP contribution in [0.15, 0.2) is 23.0 Å². The summed E-state index contributed by atoms with van der Waals surface area (Å²) in [7, 11) is 1.53. The second-order valence-electron chi connectivity index (χ2n) is 5.44. The maximum Gasteiger partial charge on any atom is 0.347 e. The van der Waals surface area contributed by atoms with Gasteiger partial charge in [-0.2, -0.15) is 5.10 Å². The molecular weight excluding hydrogens is 322 g/mol. The van der Waals surface area contributed by atoms with Gasteiger partial charge in [0.1, 0.15) is 17.6 Å². The molecule has 7 nitrogen and oxygen atoms in total. The number of fused-ring (bicyclic) bond motifs is 1. The van der Waals surface area contributed by atoms with Gasteiger partial charge < -0.3 is 9.84 Å². The third kappa shape index (κ3) is 2.84. The Bertz CT molecular complexity index is 812. The number of methoxy groups -OCH3 is 1. The highest BCUT2D eigenvalue weighted by Gasteiger charge is 2.30. The normalized spacial score (nSPS) is 16.9. The molecule has 1 aromatic heterocycles. The second-order valence-corrected chi connectivity index (χ2v) is 5.85. The second kappa shape index (κ2) is 6.08. The van der Waals surface area contributed by atoms with Gasteiger partial charge in [-0.25, -0.2) is 14.3 Å². The maximum absolute atomic E-state index is 12.5. The first kappa shape index (κ1) is 15.6.